The van der Waals surface area contributed by atoms with E-state index >= 15 is 0 Å². The monoisotopic (exact) mass is 258 g/mol. The lowest BCUT2D eigenvalue weighted by molar-refractivity contribution is 0.0935. The van der Waals surface area contributed by atoms with Gasteiger partial charge in [0.2, 0.25) is 0 Å². The standard InChI is InChI=1S/C14H11ClN2O/c15-10-6-7-12-11(8-10)14(18)17-13(16-12)9-4-2-1-3-5-9/h1-8,13,16H,(H,17,18)/t13-/m1/s1. The number of benzene rings is 2. The zero-order chi connectivity index (χ0) is 12.5. The highest BCUT2D eigenvalue weighted by atomic mass is 35.5. The van der Waals surface area contributed by atoms with E-state index in [1.54, 1.807) is 12.1 Å². The molecule has 0 saturated carbocycles. The number of rotatable bonds is 1. The van der Waals surface area contributed by atoms with E-state index in [0.717, 1.165) is 11.3 Å². The molecule has 3 rings (SSSR count). The molecule has 1 heterocycles. The molecule has 0 radical (unpaired) electrons. The molecule has 0 unspecified atom stereocenters. The van der Waals surface area contributed by atoms with Crippen molar-refractivity contribution in [3.05, 3.63) is 64.7 Å². The Balaban J connectivity index is 1.97. The molecule has 3 nitrogen and oxygen atoms in total. The number of hydrogen-bond donors (Lipinski definition) is 2. The normalized spacial score (nSPS) is 17.6. The summed E-state index contributed by atoms with van der Waals surface area (Å²) in [5.74, 6) is -0.111. The van der Waals surface area contributed by atoms with Gasteiger partial charge in [-0.05, 0) is 23.8 Å². The van der Waals surface area contributed by atoms with Crippen LogP contribution in [0.2, 0.25) is 5.02 Å². The van der Waals surface area contributed by atoms with E-state index in [-0.39, 0.29) is 12.1 Å². The van der Waals surface area contributed by atoms with Gasteiger partial charge in [0.1, 0.15) is 6.17 Å². The minimum Gasteiger partial charge on any atom is -0.361 e. The lowest BCUT2D eigenvalue weighted by atomic mass is 10.1. The molecule has 1 atom stereocenters. The van der Waals surface area contributed by atoms with Crippen LogP contribution < -0.4 is 10.6 Å². The molecule has 0 spiro atoms. The first-order valence-electron chi connectivity index (χ1n) is 5.66. The van der Waals surface area contributed by atoms with Gasteiger partial charge in [0.25, 0.3) is 5.91 Å². The maximum absolute atomic E-state index is 12.0. The summed E-state index contributed by atoms with van der Waals surface area (Å²) >= 11 is 5.89. The molecule has 0 aliphatic carbocycles. The van der Waals surface area contributed by atoms with Crippen LogP contribution in [0.4, 0.5) is 5.69 Å². The maximum Gasteiger partial charge on any atom is 0.255 e. The van der Waals surface area contributed by atoms with Gasteiger partial charge in [0.05, 0.1) is 5.56 Å². The van der Waals surface area contributed by atoms with Gasteiger partial charge < -0.3 is 10.6 Å². The van der Waals surface area contributed by atoms with Crippen LogP contribution in [0.15, 0.2) is 48.5 Å². The highest BCUT2D eigenvalue weighted by molar-refractivity contribution is 6.31. The highest BCUT2D eigenvalue weighted by Crippen LogP contribution is 2.28. The quantitative estimate of drug-likeness (QED) is 0.825. The number of anilines is 1. The zero-order valence-electron chi connectivity index (χ0n) is 9.48. The van der Waals surface area contributed by atoms with Crippen LogP contribution in [-0.4, -0.2) is 5.91 Å². The van der Waals surface area contributed by atoms with Crippen molar-refractivity contribution in [2.45, 2.75) is 6.17 Å². The van der Waals surface area contributed by atoms with E-state index < -0.39 is 0 Å². The van der Waals surface area contributed by atoms with Gasteiger partial charge in [-0.25, -0.2) is 0 Å². The van der Waals surface area contributed by atoms with Crippen LogP contribution in [0.1, 0.15) is 22.1 Å². The summed E-state index contributed by atoms with van der Waals surface area (Å²) in [6, 6.07) is 15.0. The minimum atomic E-state index is -0.202. The molecule has 1 amide bonds. The molecule has 2 N–H and O–H groups in total. The number of carbonyl (C=O) groups is 1. The van der Waals surface area contributed by atoms with Crippen molar-refractivity contribution in [1.29, 1.82) is 0 Å². The third-order valence-corrected chi connectivity index (χ3v) is 3.17. The molecule has 2 aromatic carbocycles. The molecular formula is C14H11ClN2O. The Morgan fingerprint density at radius 2 is 1.78 bits per heavy atom. The Morgan fingerprint density at radius 3 is 2.56 bits per heavy atom. The summed E-state index contributed by atoms with van der Waals surface area (Å²) in [4.78, 5) is 12.0. The molecule has 2 aromatic rings. The number of hydrogen-bond acceptors (Lipinski definition) is 2. The van der Waals surface area contributed by atoms with E-state index in [4.69, 9.17) is 11.6 Å². The number of carbonyl (C=O) groups excluding carboxylic acids is 1. The Kier molecular flexibility index (Phi) is 2.68. The van der Waals surface area contributed by atoms with Crippen molar-refractivity contribution in [2.75, 3.05) is 5.32 Å². The Morgan fingerprint density at radius 1 is 1.00 bits per heavy atom. The van der Waals surface area contributed by atoms with E-state index in [2.05, 4.69) is 10.6 Å². The third kappa shape index (κ3) is 1.93. The first-order chi connectivity index (χ1) is 8.74. The third-order valence-electron chi connectivity index (χ3n) is 2.93. The van der Waals surface area contributed by atoms with Gasteiger partial charge in [-0.1, -0.05) is 41.9 Å². The molecule has 1 aliphatic heterocycles. The van der Waals surface area contributed by atoms with E-state index in [1.807, 2.05) is 36.4 Å². The van der Waals surface area contributed by atoms with Gasteiger partial charge in [-0.3, -0.25) is 4.79 Å². The van der Waals surface area contributed by atoms with E-state index in [1.165, 1.54) is 0 Å². The molecular weight excluding hydrogens is 248 g/mol. The van der Waals surface area contributed by atoms with Gasteiger partial charge in [0.15, 0.2) is 0 Å². The number of halogens is 1. The second kappa shape index (κ2) is 4.35. The fourth-order valence-corrected chi connectivity index (χ4v) is 2.21. The lowest BCUT2D eigenvalue weighted by Gasteiger charge is -2.28. The zero-order valence-corrected chi connectivity index (χ0v) is 10.2. The summed E-state index contributed by atoms with van der Waals surface area (Å²) in [6.07, 6.45) is -0.202. The van der Waals surface area contributed by atoms with E-state index in [9.17, 15) is 4.79 Å². The topological polar surface area (TPSA) is 41.1 Å². The number of fused-ring (bicyclic) bond motifs is 1. The van der Waals surface area contributed by atoms with Crippen molar-refractivity contribution >= 4 is 23.2 Å². The summed E-state index contributed by atoms with van der Waals surface area (Å²) in [5, 5.41) is 6.75. The van der Waals surface area contributed by atoms with Crippen LogP contribution in [0, 0.1) is 0 Å². The molecule has 4 heteroatoms. The molecule has 90 valence electrons. The molecule has 0 fully saturated rings. The van der Waals surface area contributed by atoms with Crippen molar-refractivity contribution < 1.29 is 4.79 Å². The molecule has 0 aromatic heterocycles. The lowest BCUT2D eigenvalue weighted by Crippen LogP contribution is -2.38. The Labute approximate surface area is 110 Å². The van der Waals surface area contributed by atoms with Crippen molar-refractivity contribution in [2.24, 2.45) is 0 Å². The summed E-state index contributed by atoms with van der Waals surface area (Å²) in [7, 11) is 0. The van der Waals surface area contributed by atoms with Crippen molar-refractivity contribution in [3.63, 3.8) is 0 Å². The second-order valence-corrected chi connectivity index (χ2v) is 4.59. The molecule has 1 aliphatic rings. The molecule has 0 bridgehead atoms. The van der Waals surface area contributed by atoms with E-state index in [0.29, 0.717) is 10.6 Å². The largest absolute Gasteiger partial charge is 0.361 e. The second-order valence-electron chi connectivity index (χ2n) is 4.15. The highest BCUT2D eigenvalue weighted by Gasteiger charge is 2.24. The summed E-state index contributed by atoms with van der Waals surface area (Å²) in [6.45, 7) is 0. The molecule has 18 heavy (non-hydrogen) atoms. The first-order valence-corrected chi connectivity index (χ1v) is 6.04. The fraction of sp³-hybridized carbons (Fsp3) is 0.0714. The Bertz CT molecular complexity index is 598. The van der Waals surface area contributed by atoms with Crippen LogP contribution in [0.3, 0.4) is 0 Å². The van der Waals surface area contributed by atoms with Crippen LogP contribution in [-0.2, 0) is 0 Å². The van der Waals surface area contributed by atoms with Gasteiger partial charge in [-0.2, -0.15) is 0 Å². The van der Waals surface area contributed by atoms with Crippen molar-refractivity contribution in [1.82, 2.24) is 5.32 Å². The van der Waals surface area contributed by atoms with Gasteiger partial charge in [0, 0.05) is 10.7 Å². The molecule has 0 saturated heterocycles. The van der Waals surface area contributed by atoms with Gasteiger partial charge >= 0.3 is 0 Å². The van der Waals surface area contributed by atoms with Crippen LogP contribution in [0.25, 0.3) is 0 Å². The summed E-state index contributed by atoms with van der Waals surface area (Å²) in [5.41, 5.74) is 2.40. The smallest absolute Gasteiger partial charge is 0.255 e. The SMILES string of the molecule is O=C1N[C@H](c2ccccc2)Nc2ccc(Cl)cc21. The average Bonchev–Trinajstić information content (AvgIpc) is 2.40. The first kappa shape index (κ1) is 11.1. The summed E-state index contributed by atoms with van der Waals surface area (Å²) < 4.78 is 0. The predicted octanol–water partition coefficient (Wildman–Crippen LogP) is 3.19. The van der Waals surface area contributed by atoms with Gasteiger partial charge in [-0.15, -0.1) is 0 Å². The minimum absolute atomic E-state index is 0.111. The maximum atomic E-state index is 12.0. The van der Waals surface area contributed by atoms with Crippen molar-refractivity contribution in [3.8, 4) is 0 Å². The van der Waals surface area contributed by atoms with Crippen LogP contribution >= 0.6 is 11.6 Å². The predicted molar refractivity (Wildman–Crippen MR) is 71.7 cm³/mol. The average molecular weight is 259 g/mol. The van der Waals surface area contributed by atoms with Crippen LogP contribution in [0.5, 0.6) is 0 Å². The fourth-order valence-electron chi connectivity index (χ4n) is 2.04. The number of amides is 1. The number of nitrogens with one attached hydrogen (secondary N) is 2. The Hall–Kier alpha value is -2.00.